The van der Waals surface area contributed by atoms with E-state index >= 15 is 0 Å². The van der Waals surface area contributed by atoms with E-state index in [4.69, 9.17) is 11.8 Å². The number of hydrogen-bond acceptors (Lipinski definition) is 1. The predicted octanol–water partition coefficient (Wildman–Crippen LogP) is 1.62. The van der Waals surface area contributed by atoms with Crippen LogP contribution in [0.4, 0.5) is 0 Å². The van der Waals surface area contributed by atoms with Gasteiger partial charge < -0.3 is 11.8 Å². The second-order valence-corrected chi connectivity index (χ2v) is 1.08. The second kappa shape index (κ2) is 15.9. The van der Waals surface area contributed by atoms with Crippen LogP contribution >= 0.6 is 12.4 Å². The van der Waals surface area contributed by atoms with Crippen molar-refractivity contribution in [2.24, 2.45) is 0 Å². The Kier molecular flexibility index (Phi) is 26.1. The van der Waals surface area contributed by atoms with E-state index in [1.54, 1.807) is 0 Å². The molecule has 0 radical (unpaired) electrons. The fraction of sp³-hybridized carbons (Fsp3) is 0. The molecule has 3 heteroatoms. The normalized spacial score (nSPS) is 5.00. The van der Waals surface area contributed by atoms with Crippen LogP contribution < -0.4 is 0 Å². The Morgan fingerprint density at radius 3 is 1.50 bits per heavy atom. The molecule has 1 nitrogen and oxygen atoms in total. The first-order valence-electron chi connectivity index (χ1n) is 2.13. The first-order chi connectivity index (χ1) is 4.00. The molecule has 0 spiro atoms. The molecule has 0 aliphatic rings. The van der Waals surface area contributed by atoms with Crippen LogP contribution in [-0.4, -0.2) is 23.1 Å². The molecule has 10 heavy (non-hydrogen) atoms. The van der Waals surface area contributed by atoms with Gasteiger partial charge in [0, 0.05) is 0 Å². The molecular formula is C7H6ClMgN. The molecular weight excluding hydrogens is 158 g/mol. The minimum absolute atomic E-state index is 0. The van der Waals surface area contributed by atoms with Crippen LogP contribution in [0.2, 0.25) is 0 Å². The molecule has 0 heterocycles. The Morgan fingerprint density at radius 1 is 1.00 bits per heavy atom. The molecule has 1 aromatic rings. The summed E-state index contributed by atoms with van der Waals surface area (Å²) < 4.78 is 0. The first-order valence-corrected chi connectivity index (χ1v) is 2.13. The summed E-state index contributed by atoms with van der Waals surface area (Å²) in [6.07, 6.45) is 0. The van der Waals surface area contributed by atoms with Crippen LogP contribution in [0.25, 0.3) is 0 Å². The zero-order valence-electron chi connectivity index (χ0n) is 5.45. The summed E-state index contributed by atoms with van der Waals surface area (Å²) >= 11 is 0. The Hall–Kier alpha value is -0.234. The van der Waals surface area contributed by atoms with Gasteiger partial charge in [0.15, 0.2) is 0 Å². The summed E-state index contributed by atoms with van der Waals surface area (Å²) in [5.74, 6) is 0. The summed E-state index contributed by atoms with van der Waals surface area (Å²) in [5.41, 5.74) is 0. The Labute approximate surface area is 83.6 Å². The van der Waals surface area contributed by atoms with Crippen molar-refractivity contribution in [3.63, 3.8) is 0 Å². The smallest absolute Gasteiger partial charge is 0.512 e. The summed E-state index contributed by atoms with van der Waals surface area (Å²) in [7, 11) is 0. The largest absolute Gasteiger partial charge is 2.00 e. The van der Waals surface area contributed by atoms with Crippen molar-refractivity contribution in [1.29, 1.82) is 5.26 Å². The Bertz CT molecular complexity index is 114. The van der Waals surface area contributed by atoms with Gasteiger partial charge in [-0.15, -0.1) is 12.4 Å². The standard InChI is InChI=1S/C6H5.CN.ClH.Mg/c1-2-4-6-5-3-1;1-2;;/h1-5H;;1H;/q2*-1;;+2. The molecule has 0 fully saturated rings. The van der Waals surface area contributed by atoms with Crippen molar-refractivity contribution in [1.82, 2.24) is 0 Å². The quantitative estimate of drug-likeness (QED) is 0.422. The molecule has 0 saturated heterocycles. The van der Waals surface area contributed by atoms with E-state index in [1.807, 2.05) is 30.3 Å². The van der Waals surface area contributed by atoms with Crippen LogP contribution in [-0.2, 0) is 0 Å². The summed E-state index contributed by atoms with van der Waals surface area (Å²) in [6, 6.07) is 12.5. The Balaban J connectivity index is -0.000000114. The minimum atomic E-state index is 0. The Morgan fingerprint density at radius 2 is 1.40 bits per heavy atom. The molecule has 0 unspecified atom stereocenters. The number of nitrogens with zero attached hydrogens (tertiary/aromatic N) is 1. The van der Waals surface area contributed by atoms with E-state index in [1.165, 1.54) is 0 Å². The van der Waals surface area contributed by atoms with E-state index in [-0.39, 0.29) is 35.5 Å². The molecule has 0 bridgehead atoms. The topological polar surface area (TPSA) is 23.8 Å². The molecule has 0 aromatic heterocycles. The van der Waals surface area contributed by atoms with E-state index in [0.29, 0.717) is 0 Å². The third-order valence-electron chi connectivity index (χ3n) is 0.607. The van der Waals surface area contributed by atoms with Crippen molar-refractivity contribution < 1.29 is 0 Å². The molecule has 0 amide bonds. The van der Waals surface area contributed by atoms with Crippen LogP contribution in [0.15, 0.2) is 30.3 Å². The molecule has 48 valence electrons. The SMILES string of the molecule is Cl.[C-]#N.[Mg+2].[c-]1ccccc1. The van der Waals surface area contributed by atoms with Crippen LogP contribution in [0.5, 0.6) is 0 Å². The fourth-order valence-corrected chi connectivity index (χ4v) is 0.342. The van der Waals surface area contributed by atoms with Gasteiger partial charge in [-0.05, 0) is 0 Å². The summed E-state index contributed by atoms with van der Waals surface area (Å²) in [6.45, 7) is 4.75. The van der Waals surface area contributed by atoms with Gasteiger partial charge in [-0.2, -0.15) is 36.4 Å². The minimum Gasteiger partial charge on any atom is -0.512 e. The maximum absolute atomic E-state index is 6.25. The monoisotopic (exact) mass is 163 g/mol. The zero-order valence-corrected chi connectivity index (χ0v) is 7.68. The van der Waals surface area contributed by atoms with Crippen molar-refractivity contribution in [2.75, 3.05) is 0 Å². The predicted molar refractivity (Wildman–Crippen MR) is 43.2 cm³/mol. The number of hydrogen-bond donors (Lipinski definition) is 0. The van der Waals surface area contributed by atoms with E-state index < -0.39 is 0 Å². The molecule has 0 N–H and O–H groups in total. The first kappa shape index (κ1) is 16.4. The third kappa shape index (κ3) is 10.7. The van der Waals surface area contributed by atoms with Crippen molar-refractivity contribution in [3.8, 4) is 0 Å². The number of rotatable bonds is 0. The maximum atomic E-state index is 6.25. The van der Waals surface area contributed by atoms with Crippen LogP contribution in [0.3, 0.4) is 0 Å². The average Bonchev–Trinajstić information content (AvgIpc) is 1.96. The van der Waals surface area contributed by atoms with Crippen molar-refractivity contribution in [3.05, 3.63) is 43.0 Å². The average molecular weight is 164 g/mol. The van der Waals surface area contributed by atoms with Crippen LogP contribution in [0.1, 0.15) is 0 Å². The van der Waals surface area contributed by atoms with E-state index in [9.17, 15) is 0 Å². The molecule has 0 aliphatic carbocycles. The number of halogens is 1. The van der Waals surface area contributed by atoms with Gasteiger partial charge in [0.1, 0.15) is 0 Å². The van der Waals surface area contributed by atoms with Crippen molar-refractivity contribution >= 4 is 35.5 Å². The summed E-state index contributed by atoms with van der Waals surface area (Å²) in [5, 5.41) is 6.25. The second-order valence-electron chi connectivity index (χ2n) is 1.08. The molecule has 1 aromatic carbocycles. The van der Waals surface area contributed by atoms with Crippen molar-refractivity contribution in [2.45, 2.75) is 0 Å². The van der Waals surface area contributed by atoms with Gasteiger partial charge in [0.2, 0.25) is 0 Å². The van der Waals surface area contributed by atoms with Gasteiger partial charge in [0.05, 0.1) is 0 Å². The van der Waals surface area contributed by atoms with Gasteiger partial charge in [0.25, 0.3) is 0 Å². The summed E-state index contributed by atoms with van der Waals surface area (Å²) in [4.78, 5) is 0. The number of benzene rings is 1. The van der Waals surface area contributed by atoms with Gasteiger partial charge in [-0.3, -0.25) is 0 Å². The molecule has 0 aliphatic heterocycles. The van der Waals surface area contributed by atoms with E-state index in [2.05, 4.69) is 6.07 Å². The van der Waals surface area contributed by atoms with Crippen LogP contribution in [0, 0.1) is 17.9 Å². The van der Waals surface area contributed by atoms with Gasteiger partial charge in [-0.1, -0.05) is 0 Å². The van der Waals surface area contributed by atoms with Gasteiger partial charge in [-0.25, -0.2) is 0 Å². The molecule has 0 atom stereocenters. The molecule has 0 saturated carbocycles. The fourth-order valence-electron chi connectivity index (χ4n) is 0.342. The zero-order chi connectivity index (χ0) is 6.24. The van der Waals surface area contributed by atoms with E-state index in [0.717, 1.165) is 0 Å². The third-order valence-corrected chi connectivity index (χ3v) is 0.607. The van der Waals surface area contributed by atoms with Gasteiger partial charge >= 0.3 is 23.1 Å². The molecule has 1 rings (SSSR count). The maximum Gasteiger partial charge on any atom is 2.00 e.